The third-order valence-corrected chi connectivity index (χ3v) is 5.49. The first-order valence-corrected chi connectivity index (χ1v) is 9.34. The minimum absolute atomic E-state index is 0.170. The highest BCUT2D eigenvalue weighted by Crippen LogP contribution is 2.28. The summed E-state index contributed by atoms with van der Waals surface area (Å²) in [5.41, 5.74) is 4.95. The van der Waals surface area contributed by atoms with Crippen LogP contribution in [0.1, 0.15) is 51.9 Å². The highest BCUT2D eigenvalue weighted by molar-refractivity contribution is 7.89. The van der Waals surface area contributed by atoms with Crippen molar-refractivity contribution in [3.63, 3.8) is 0 Å². The van der Waals surface area contributed by atoms with Crippen LogP contribution in [-0.2, 0) is 19.6 Å². The lowest BCUT2D eigenvalue weighted by atomic mass is 9.91. The van der Waals surface area contributed by atoms with Crippen molar-refractivity contribution in [3.05, 3.63) is 0 Å². The Morgan fingerprint density at radius 2 is 1.86 bits per heavy atom. The van der Waals surface area contributed by atoms with Crippen molar-refractivity contribution in [2.75, 3.05) is 12.4 Å². The summed E-state index contributed by atoms with van der Waals surface area (Å²) < 4.78 is 31.8. The number of carbonyl (C=O) groups is 1. The molecule has 21 heavy (non-hydrogen) atoms. The summed E-state index contributed by atoms with van der Waals surface area (Å²) in [6.07, 6.45) is 4.93. The van der Waals surface area contributed by atoms with Crippen LogP contribution in [0.15, 0.2) is 0 Å². The van der Waals surface area contributed by atoms with Crippen molar-refractivity contribution in [2.45, 2.75) is 57.4 Å². The fourth-order valence-electron chi connectivity index (χ4n) is 2.53. The van der Waals surface area contributed by atoms with E-state index >= 15 is 0 Å². The van der Waals surface area contributed by atoms with Crippen LogP contribution in [0.3, 0.4) is 0 Å². The van der Waals surface area contributed by atoms with Crippen molar-refractivity contribution < 1.29 is 17.9 Å². The number of ether oxygens (including phenoxy) is 1. The molecule has 1 aliphatic carbocycles. The van der Waals surface area contributed by atoms with E-state index in [0.717, 1.165) is 25.7 Å². The molecule has 0 radical (unpaired) electrons. The zero-order chi connectivity index (χ0) is 15.9. The number of hydrogen-bond acceptors (Lipinski definition) is 5. The maximum atomic E-state index is 12.2. The first-order valence-electron chi connectivity index (χ1n) is 7.28. The average Bonchev–Trinajstić information content (AvgIpc) is 2.63. The van der Waals surface area contributed by atoms with Crippen LogP contribution in [0.4, 0.5) is 0 Å². The van der Waals surface area contributed by atoms with Gasteiger partial charge in [0.1, 0.15) is 0 Å². The molecular weight excluding hydrogens is 312 g/mol. The summed E-state index contributed by atoms with van der Waals surface area (Å²) in [6, 6.07) is 0. The van der Waals surface area contributed by atoms with Gasteiger partial charge in [-0.3, -0.25) is 4.79 Å². The Bertz CT molecular complexity index is 469. The molecule has 8 heteroatoms. The van der Waals surface area contributed by atoms with Gasteiger partial charge in [-0.05, 0) is 19.8 Å². The Morgan fingerprint density at radius 3 is 2.33 bits per heavy atom. The third-order valence-electron chi connectivity index (χ3n) is 3.66. The van der Waals surface area contributed by atoms with E-state index in [1.165, 1.54) is 0 Å². The molecule has 0 spiro atoms. The van der Waals surface area contributed by atoms with Gasteiger partial charge in [0.25, 0.3) is 0 Å². The van der Waals surface area contributed by atoms with Gasteiger partial charge in [0.05, 0.1) is 29.3 Å². The third kappa shape index (κ3) is 5.88. The van der Waals surface area contributed by atoms with Crippen molar-refractivity contribution in [1.82, 2.24) is 4.72 Å². The zero-order valence-electron chi connectivity index (χ0n) is 12.4. The van der Waals surface area contributed by atoms with Crippen LogP contribution in [0.2, 0.25) is 0 Å². The lowest BCUT2D eigenvalue weighted by Crippen LogP contribution is -2.56. The molecule has 0 aromatic rings. The van der Waals surface area contributed by atoms with E-state index in [2.05, 4.69) is 4.72 Å². The first-order chi connectivity index (χ1) is 9.81. The summed E-state index contributed by atoms with van der Waals surface area (Å²) >= 11 is 5.09. The maximum absolute atomic E-state index is 12.2. The maximum Gasteiger partial charge on any atom is 0.306 e. The van der Waals surface area contributed by atoms with Crippen LogP contribution in [0.5, 0.6) is 0 Å². The molecule has 0 atom stereocenters. The Balaban J connectivity index is 2.73. The van der Waals surface area contributed by atoms with E-state index in [9.17, 15) is 13.2 Å². The first kappa shape index (κ1) is 18.3. The monoisotopic (exact) mass is 336 g/mol. The van der Waals surface area contributed by atoms with Gasteiger partial charge in [-0.1, -0.05) is 37.9 Å². The molecule has 6 nitrogen and oxygen atoms in total. The minimum Gasteiger partial charge on any atom is -0.466 e. The van der Waals surface area contributed by atoms with Gasteiger partial charge in [0.2, 0.25) is 10.0 Å². The van der Waals surface area contributed by atoms with Crippen LogP contribution in [0, 0.1) is 0 Å². The van der Waals surface area contributed by atoms with Crippen LogP contribution < -0.4 is 10.5 Å². The van der Waals surface area contributed by atoms with Gasteiger partial charge in [-0.25, -0.2) is 13.1 Å². The normalized spacial score (nSPS) is 18.7. The fourth-order valence-corrected chi connectivity index (χ4v) is 4.30. The Morgan fingerprint density at radius 1 is 1.29 bits per heavy atom. The number of nitrogens with two attached hydrogens (primary N) is 1. The van der Waals surface area contributed by atoms with E-state index in [4.69, 9.17) is 22.7 Å². The van der Waals surface area contributed by atoms with Crippen molar-refractivity contribution >= 4 is 33.2 Å². The van der Waals surface area contributed by atoms with Crippen LogP contribution in [-0.4, -0.2) is 37.3 Å². The van der Waals surface area contributed by atoms with Crippen molar-refractivity contribution in [3.8, 4) is 0 Å². The molecule has 0 aromatic carbocycles. The molecule has 0 unspecified atom stereocenters. The highest BCUT2D eigenvalue weighted by Gasteiger charge is 2.37. The van der Waals surface area contributed by atoms with Gasteiger partial charge < -0.3 is 10.5 Å². The topological polar surface area (TPSA) is 98.5 Å². The standard InChI is InChI=1S/C13H24N2O4S2/c1-2-19-11(16)7-10-21(17,18)15-13(12(14)20)8-5-3-4-6-9-13/h15H,2-10H2,1H3,(H2,14,20). The molecule has 1 rings (SSSR count). The largest absolute Gasteiger partial charge is 0.466 e. The van der Waals surface area contributed by atoms with E-state index in [1.807, 2.05) is 0 Å². The minimum atomic E-state index is -3.63. The predicted octanol–water partition coefficient (Wildman–Crippen LogP) is 1.24. The SMILES string of the molecule is CCOC(=O)CCS(=O)(=O)NC1(C(N)=S)CCCCCC1. The Kier molecular flexibility index (Phi) is 7.02. The van der Waals surface area contributed by atoms with Gasteiger partial charge in [0, 0.05) is 0 Å². The van der Waals surface area contributed by atoms with E-state index in [0.29, 0.717) is 12.8 Å². The number of hydrogen-bond donors (Lipinski definition) is 2. The van der Waals surface area contributed by atoms with Gasteiger partial charge in [-0.2, -0.15) is 0 Å². The molecule has 0 aliphatic heterocycles. The second-order valence-corrected chi connectivity index (χ2v) is 7.62. The van der Waals surface area contributed by atoms with Gasteiger partial charge >= 0.3 is 5.97 Å². The molecule has 0 bridgehead atoms. The zero-order valence-corrected chi connectivity index (χ0v) is 14.0. The van der Waals surface area contributed by atoms with Gasteiger partial charge in [-0.15, -0.1) is 0 Å². The summed E-state index contributed by atoms with van der Waals surface area (Å²) in [7, 11) is -3.63. The fraction of sp³-hybridized carbons (Fsp3) is 0.846. The molecule has 3 N–H and O–H groups in total. The number of carbonyl (C=O) groups excluding carboxylic acids is 1. The van der Waals surface area contributed by atoms with Crippen molar-refractivity contribution in [1.29, 1.82) is 0 Å². The second-order valence-electron chi connectivity index (χ2n) is 5.34. The Labute approximate surface area is 131 Å². The molecule has 0 heterocycles. The van der Waals surface area contributed by atoms with E-state index < -0.39 is 21.5 Å². The molecule has 1 fully saturated rings. The number of rotatable bonds is 7. The summed E-state index contributed by atoms with van der Waals surface area (Å²) in [5, 5.41) is 0. The molecule has 0 aromatic heterocycles. The lowest BCUT2D eigenvalue weighted by molar-refractivity contribution is -0.142. The summed E-state index contributed by atoms with van der Waals surface area (Å²) in [5.74, 6) is -0.830. The number of sulfonamides is 1. The number of esters is 1. The molecule has 0 amide bonds. The second kappa shape index (κ2) is 8.05. The Hall–Kier alpha value is -0.730. The van der Waals surface area contributed by atoms with Gasteiger partial charge in [0.15, 0.2) is 0 Å². The van der Waals surface area contributed by atoms with Crippen LogP contribution in [0.25, 0.3) is 0 Å². The predicted molar refractivity (Wildman–Crippen MR) is 85.4 cm³/mol. The van der Waals surface area contributed by atoms with E-state index in [1.54, 1.807) is 6.92 Å². The van der Waals surface area contributed by atoms with Crippen molar-refractivity contribution in [2.24, 2.45) is 5.73 Å². The molecular formula is C13H24N2O4S2. The summed E-state index contributed by atoms with van der Waals surface area (Å²) in [6.45, 7) is 1.92. The molecule has 1 aliphatic rings. The number of thiocarbonyl (C=S) groups is 1. The molecule has 1 saturated carbocycles. The van der Waals surface area contributed by atoms with E-state index in [-0.39, 0.29) is 23.8 Å². The molecule has 0 saturated heterocycles. The number of nitrogens with one attached hydrogen (secondary N) is 1. The quantitative estimate of drug-likeness (QED) is 0.412. The average molecular weight is 336 g/mol. The molecule has 122 valence electrons. The smallest absolute Gasteiger partial charge is 0.306 e. The lowest BCUT2D eigenvalue weighted by Gasteiger charge is -2.32. The summed E-state index contributed by atoms with van der Waals surface area (Å²) in [4.78, 5) is 11.5. The highest BCUT2D eigenvalue weighted by atomic mass is 32.2. The van der Waals surface area contributed by atoms with Crippen LogP contribution >= 0.6 is 12.2 Å².